The summed E-state index contributed by atoms with van der Waals surface area (Å²) in [5.74, 6) is -1.53. The van der Waals surface area contributed by atoms with E-state index in [0.717, 1.165) is 22.3 Å². The largest absolute Gasteiger partial charge is 0.480 e. The monoisotopic (exact) mass is 456 g/mol. The molecule has 1 aliphatic heterocycles. The first-order valence-electron chi connectivity index (χ1n) is 11.2. The van der Waals surface area contributed by atoms with E-state index >= 15 is 0 Å². The quantitative estimate of drug-likeness (QED) is 0.607. The molecule has 1 fully saturated rings. The van der Waals surface area contributed by atoms with Crippen LogP contribution in [0.2, 0.25) is 0 Å². The van der Waals surface area contributed by atoms with Crippen LogP contribution in [0.3, 0.4) is 0 Å². The third kappa shape index (κ3) is 4.01. The molecule has 1 saturated heterocycles. The van der Waals surface area contributed by atoms with Crippen LogP contribution >= 0.6 is 0 Å². The fourth-order valence-corrected chi connectivity index (χ4v) is 4.95. The normalized spacial score (nSPS) is 18.8. The minimum Gasteiger partial charge on any atom is -0.480 e. The lowest BCUT2D eigenvalue weighted by Crippen LogP contribution is -2.41. The first-order chi connectivity index (χ1) is 16.5. The molecule has 5 rings (SSSR count). The van der Waals surface area contributed by atoms with E-state index in [1.165, 1.54) is 4.90 Å². The number of benzene rings is 3. The number of amides is 2. The number of carbonyl (C=O) groups excluding carboxylic acids is 2. The Morgan fingerprint density at radius 2 is 1.47 bits per heavy atom. The molecule has 0 unspecified atom stereocenters. The molecule has 172 valence electrons. The molecule has 2 aliphatic rings. The van der Waals surface area contributed by atoms with Crippen molar-refractivity contribution < 1.29 is 24.2 Å². The fourth-order valence-electron chi connectivity index (χ4n) is 4.95. The Hall–Kier alpha value is -4.13. The molecule has 3 aromatic carbocycles. The SMILES string of the molecule is O=C(N[C@H]1C[C@@H](C(=O)O)N(C(=O)c2ccccc2)C1)OCC1c2ccccc2-c2ccccc21. The van der Waals surface area contributed by atoms with E-state index in [1.807, 2.05) is 36.4 Å². The number of carboxylic acids is 1. The second kappa shape index (κ2) is 9.02. The van der Waals surface area contributed by atoms with E-state index in [9.17, 15) is 19.5 Å². The van der Waals surface area contributed by atoms with Crippen molar-refractivity contribution >= 4 is 18.0 Å². The molecular formula is C27H24N2O5. The molecule has 0 aromatic heterocycles. The van der Waals surface area contributed by atoms with E-state index in [-0.39, 0.29) is 31.4 Å². The van der Waals surface area contributed by atoms with Crippen LogP contribution in [0.5, 0.6) is 0 Å². The van der Waals surface area contributed by atoms with Gasteiger partial charge in [-0.25, -0.2) is 9.59 Å². The minimum absolute atomic E-state index is 0.0651. The summed E-state index contributed by atoms with van der Waals surface area (Å²) in [5, 5.41) is 12.4. The van der Waals surface area contributed by atoms with Gasteiger partial charge in [-0.1, -0.05) is 66.7 Å². The Morgan fingerprint density at radius 3 is 2.09 bits per heavy atom. The molecule has 3 aromatic rings. The predicted octanol–water partition coefficient (Wildman–Crippen LogP) is 3.89. The molecule has 0 radical (unpaired) electrons. The van der Waals surface area contributed by atoms with Gasteiger partial charge in [0.1, 0.15) is 12.6 Å². The number of alkyl carbamates (subject to hydrolysis) is 1. The zero-order valence-electron chi connectivity index (χ0n) is 18.4. The molecule has 1 heterocycles. The van der Waals surface area contributed by atoms with Crippen LogP contribution in [-0.4, -0.2) is 53.2 Å². The highest BCUT2D eigenvalue weighted by Crippen LogP contribution is 2.44. The van der Waals surface area contributed by atoms with Gasteiger partial charge in [-0.3, -0.25) is 4.79 Å². The zero-order valence-corrected chi connectivity index (χ0v) is 18.4. The highest BCUT2D eigenvalue weighted by atomic mass is 16.5. The summed E-state index contributed by atoms with van der Waals surface area (Å²) >= 11 is 0. The number of nitrogens with one attached hydrogen (secondary N) is 1. The summed E-state index contributed by atoms with van der Waals surface area (Å²) in [6, 6.07) is 23.2. The molecule has 1 aliphatic carbocycles. The van der Waals surface area contributed by atoms with Gasteiger partial charge < -0.3 is 20.1 Å². The molecule has 7 nitrogen and oxygen atoms in total. The van der Waals surface area contributed by atoms with Gasteiger partial charge in [0, 0.05) is 24.4 Å². The van der Waals surface area contributed by atoms with Crippen LogP contribution in [-0.2, 0) is 9.53 Å². The number of aliphatic carboxylic acids is 1. The molecule has 2 atom stereocenters. The maximum atomic E-state index is 12.8. The van der Waals surface area contributed by atoms with Gasteiger partial charge in [0.05, 0.1) is 6.04 Å². The highest BCUT2D eigenvalue weighted by molar-refractivity contribution is 5.97. The Balaban J connectivity index is 1.24. The maximum absolute atomic E-state index is 12.8. The summed E-state index contributed by atoms with van der Waals surface area (Å²) in [6.07, 6.45) is -0.497. The van der Waals surface area contributed by atoms with E-state index in [4.69, 9.17) is 4.74 Å². The van der Waals surface area contributed by atoms with E-state index in [0.29, 0.717) is 5.56 Å². The third-order valence-corrected chi connectivity index (χ3v) is 6.53. The zero-order chi connectivity index (χ0) is 23.7. The number of rotatable bonds is 5. The van der Waals surface area contributed by atoms with Gasteiger partial charge in [0.15, 0.2) is 0 Å². The number of hydrogen-bond acceptors (Lipinski definition) is 4. The fraction of sp³-hybridized carbons (Fsp3) is 0.222. The molecule has 34 heavy (non-hydrogen) atoms. The average Bonchev–Trinajstić information content (AvgIpc) is 3.42. The lowest BCUT2D eigenvalue weighted by Gasteiger charge is -2.21. The molecule has 7 heteroatoms. The number of fused-ring (bicyclic) bond motifs is 3. The second-order valence-corrected chi connectivity index (χ2v) is 8.58. The van der Waals surface area contributed by atoms with E-state index < -0.39 is 24.1 Å². The summed E-state index contributed by atoms with van der Waals surface area (Å²) in [7, 11) is 0. The van der Waals surface area contributed by atoms with Crippen LogP contribution in [0.4, 0.5) is 4.79 Å². The van der Waals surface area contributed by atoms with Crippen molar-refractivity contribution in [1.82, 2.24) is 10.2 Å². The van der Waals surface area contributed by atoms with E-state index in [1.54, 1.807) is 30.3 Å². The van der Waals surface area contributed by atoms with Crippen molar-refractivity contribution in [3.63, 3.8) is 0 Å². The minimum atomic E-state index is -1.10. The van der Waals surface area contributed by atoms with Crippen LogP contribution in [0, 0.1) is 0 Å². The Labute approximate surface area is 197 Å². The van der Waals surface area contributed by atoms with Gasteiger partial charge in [0.25, 0.3) is 5.91 Å². The standard InChI is InChI=1S/C27H24N2O5/c30-25(17-8-2-1-3-9-17)29-15-18(14-24(29)26(31)32)28-27(33)34-16-23-21-12-6-4-10-19(21)20-11-5-7-13-22(20)23/h1-13,18,23-24H,14-16H2,(H,28,33)(H,31,32)/t18-,24-/m0/s1. The van der Waals surface area contributed by atoms with Crippen molar-refractivity contribution in [3.8, 4) is 11.1 Å². The first-order valence-corrected chi connectivity index (χ1v) is 11.2. The lowest BCUT2D eigenvalue weighted by molar-refractivity contribution is -0.141. The Morgan fingerprint density at radius 1 is 0.882 bits per heavy atom. The summed E-state index contributed by atoms with van der Waals surface area (Å²) in [5.41, 5.74) is 4.92. The average molecular weight is 456 g/mol. The van der Waals surface area contributed by atoms with Crippen molar-refractivity contribution in [2.75, 3.05) is 13.2 Å². The predicted molar refractivity (Wildman–Crippen MR) is 126 cm³/mol. The Bertz CT molecular complexity index is 1200. The number of carbonyl (C=O) groups is 3. The van der Waals surface area contributed by atoms with Crippen molar-refractivity contribution in [2.45, 2.75) is 24.4 Å². The van der Waals surface area contributed by atoms with Gasteiger partial charge in [-0.15, -0.1) is 0 Å². The topological polar surface area (TPSA) is 95.9 Å². The smallest absolute Gasteiger partial charge is 0.407 e. The molecule has 2 N–H and O–H groups in total. The van der Waals surface area contributed by atoms with Gasteiger partial charge in [0.2, 0.25) is 0 Å². The van der Waals surface area contributed by atoms with Gasteiger partial charge in [-0.2, -0.15) is 0 Å². The molecule has 2 amide bonds. The van der Waals surface area contributed by atoms with Crippen LogP contribution in [0.25, 0.3) is 11.1 Å². The van der Waals surface area contributed by atoms with Gasteiger partial charge >= 0.3 is 12.1 Å². The number of nitrogens with zero attached hydrogens (tertiary/aromatic N) is 1. The molecule has 0 bridgehead atoms. The Kier molecular flexibility index (Phi) is 5.76. The van der Waals surface area contributed by atoms with Crippen molar-refractivity contribution in [1.29, 1.82) is 0 Å². The highest BCUT2D eigenvalue weighted by Gasteiger charge is 2.41. The lowest BCUT2D eigenvalue weighted by atomic mass is 9.98. The first kappa shape index (κ1) is 21.7. The van der Waals surface area contributed by atoms with Crippen LogP contribution < -0.4 is 5.32 Å². The maximum Gasteiger partial charge on any atom is 0.407 e. The molecular weight excluding hydrogens is 432 g/mol. The summed E-state index contributed by atoms with van der Waals surface area (Å²) in [4.78, 5) is 38.5. The van der Waals surface area contributed by atoms with Crippen molar-refractivity contribution in [2.24, 2.45) is 0 Å². The van der Waals surface area contributed by atoms with Crippen LogP contribution in [0.1, 0.15) is 33.8 Å². The molecule has 0 spiro atoms. The van der Waals surface area contributed by atoms with E-state index in [2.05, 4.69) is 17.4 Å². The summed E-state index contributed by atoms with van der Waals surface area (Å²) < 4.78 is 5.58. The number of likely N-dealkylation sites (tertiary alicyclic amines) is 1. The van der Waals surface area contributed by atoms with Gasteiger partial charge in [-0.05, 0) is 34.4 Å². The molecule has 0 saturated carbocycles. The third-order valence-electron chi connectivity index (χ3n) is 6.53. The summed E-state index contributed by atoms with van der Waals surface area (Å²) in [6.45, 7) is 0.274. The number of hydrogen-bond donors (Lipinski definition) is 2. The number of carboxylic acid groups (broad SMARTS) is 1. The van der Waals surface area contributed by atoms with Crippen LogP contribution in [0.15, 0.2) is 78.9 Å². The number of ether oxygens (including phenoxy) is 1. The van der Waals surface area contributed by atoms with Crippen molar-refractivity contribution in [3.05, 3.63) is 95.6 Å². The second-order valence-electron chi connectivity index (χ2n) is 8.58.